The SMILES string of the molecule is NNc1n[nH]c(=S)n1-c1ccccc1. The summed E-state index contributed by atoms with van der Waals surface area (Å²) in [6.07, 6.45) is 0. The summed E-state index contributed by atoms with van der Waals surface area (Å²) in [6.45, 7) is 0. The molecule has 0 atom stereocenters. The molecule has 0 aliphatic carbocycles. The third kappa shape index (κ3) is 1.40. The van der Waals surface area contributed by atoms with E-state index in [2.05, 4.69) is 15.6 Å². The minimum Gasteiger partial charge on any atom is -0.292 e. The highest BCUT2D eigenvalue weighted by Gasteiger charge is 2.04. The second-order valence-electron chi connectivity index (χ2n) is 2.67. The minimum absolute atomic E-state index is 0.487. The van der Waals surface area contributed by atoms with Crippen molar-refractivity contribution in [3.8, 4) is 5.69 Å². The first-order chi connectivity index (χ1) is 6.83. The number of nitrogens with one attached hydrogen (secondary N) is 2. The first-order valence-electron chi connectivity index (χ1n) is 4.02. The topological polar surface area (TPSA) is 71.7 Å². The quantitative estimate of drug-likeness (QED) is 0.393. The zero-order valence-electron chi connectivity index (χ0n) is 7.27. The van der Waals surface area contributed by atoms with Crippen LogP contribution in [0.3, 0.4) is 0 Å². The number of hydrogen-bond donors (Lipinski definition) is 3. The van der Waals surface area contributed by atoms with Gasteiger partial charge in [-0.05, 0) is 24.4 Å². The molecule has 6 heteroatoms. The Bertz CT molecular complexity index is 472. The minimum atomic E-state index is 0.487. The van der Waals surface area contributed by atoms with Gasteiger partial charge in [-0.2, -0.15) is 0 Å². The summed E-state index contributed by atoms with van der Waals surface area (Å²) < 4.78 is 2.22. The number of anilines is 1. The van der Waals surface area contributed by atoms with Crippen molar-refractivity contribution in [2.75, 3.05) is 5.43 Å². The maximum atomic E-state index is 5.30. The van der Waals surface area contributed by atoms with E-state index >= 15 is 0 Å². The van der Waals surface area contributed by atoms with Crippen LogP contribution in [0.15, 0.2) is 30.3 Å². The zero-order chi connectivity index (χ0) is 9.97. The van der Waals surface area contributed by atoms with Crippen LogP contribution in [0.5, 0.6) is 0 Å². The van der Waals surface area contributed by atoms with Crippen LogP contribution in [0.25, 0.3) is 5.69 Å². The van der Waals surface area contributed by atoms with Gasteiger partial charge in [-0.25, -0.2) is 10.9 Å². The van der Waals surface area contributed by atoms with Gasteiger partial charge in [0.2, 0.25) is 10.7 Å². The first-order valence-corrected chi connectivity index (χ1v) is 4.43. The molecule has 2 rings (SSSR count). The van der Waals surface area contributed by atoms with Crippen molar-refractivity contribution in [3.05, 3.63) is 35.1 Å². The fraction of sp³-hybridized carbons (Fsp3) is 0. The van der Waals surface area contributed by atoms with Gasteiger partial charge in [0.25, 0.3) is 0 Å². The third-order valence-electron chi connectivity index (χ3n) is 1.82. The molecule has 0 aliphatic rings. The van der Waals surface area contributed by atoms with E-state index in [4.69, 9.17) is 18.1 Å². The van der Waals surface area contributed by atoms with E-state index < -0.39 is 0 Å². The molecule has 0 fully saturated rings. The summed E-state index contributed by atoms with van der Waals surface area (Å²) in [4.78, 5) is 0. The maximum absolute atomic E-state index is 5.30. The van der Waals surface area contributed by atoms with Crippen LogP contribution in [0, 0.1) is 4.77 Å². The summed E-state index contributed by atoms with van der Waals surface area (Å²) in [6, 6.07) is 9.62. The number of H-pyrrole nitrogens is 1. The predicted molar refractivity (Wildman–Crippen MR) is 56.6 cm³/mol. The number of hydrogen-bond acceptors (Lipinski definition) is 4. The van der Waals surface area contributed by atoms with E-state index in [0.29, 0.717) is 10.7 Å². The average molecular weight is 207 g/mol. The van der Waals surface area contributed by atoms with Gasteiger partial charge in [0.15, 0.2) is 0 Å². The lowest BCUT2D eigenvalue weighted by atomic mass is 10.3. The monoisotopic (exact) mass is 207 g/mol. The Morgan fingerprint density at radius 1 is 1.36 bits per heavy atom. The Labute approximate surface area is 85.5 Å². The normalized spacial score (nSPS) is 10.1. The highest BCUT2D eigenvalue weighted by molar-refractivity contribution is 7.71. The number of rotatable bonds is 2. The van der Waals surface area contributed by atoms with E-state index in [1.54, 1.807) is 4.57 Å². The van der Waals surface area contributed by atoms with Gasteiger partial charge in [-0.15, -0.1) is 5.10 Å². The summed E-state index contributed by atoms with van der Waals surface area (Å²) in [5.74, 6) is 5.79. The van der Waals surface area contributed by atoms with Crippen LogP contribution in [0.4, 0.5) is 5.95 Å². The van der Waals surface area contributed by atoms with Crippen molar-refractivity contribution in [3.63, 3.8) is 0 Å². The number of nitrogen functional groups attached to an aromatic ring is 1. The molecule has 0 saturated heterocycles. The van der Waals surface area contributed by atoms with E-state index in [-0.39, 0.29) is 0 Å². The van der Waals surface area contributed by atoms with Gasteiger partial charge in [-0.1, -0.05) is 18.2 Å². The molecule has 0 saturated carbocycles. The van der Waals surface area contributed by atoms with Gasteiger partial charge in [-0.3, -0.25) is 9.99 Å². The standard InChI is InChI=1S/C8H9N5S/c9-10-7-11-12-8(14)13(7)6-4-2-1-3-5-6/h1-5H,9H2,(H,10,11)(H,12,14). The molecule has 2 aromatic rings. The number of aromatic amines is 1. The third-order valence-corrected chi connectivity index (χ3v) is 2.09. The van der Waals surface area contributed by atoms with Gasteiger partial charge in [0.1, 0.15) is 0 Å². The van der Waals surface area contributed by atoms with Crippen molar-refractivity contribution >= 4 is 18.2 Å². The molecular weight excluding hydrogens is 198 g/mol. The number of nitrogens with zero attached hydrogens (tertiary/aromatic N) is 2. The zero-order valence-corrected chi connectivity index (χ0v) is 8.08. The molecule has 0 aliphatic heterocycles. The molecule has 1 aromatic carbocycles. The van der Waals surface area contributed by atoms with Crippen molar-refractivity contribution in [2.24, 2.45) is 5.84 Å². The van der Waals surface area contributed by atoms with Gasteiger partial charge in [0.05, 0.1) is 5.69 Å². The lowest BCUT2D eigenvalue weighted by molar-refractivity contribution is 1.02. The lowest BCUT2D eigenvalue weighted by Gasteiger charge is -2.04. The fourth-order valence-electron chi connectivity index (χ4n) is 1.21. The van der Waals surface area contributed by atoms with E-state index in [1.807, 2.05) is 30.3 Å². The van der Waals surface area contributed by atoms with Crippen LogP contribution in [-0.2, 0) is 0 Å². The molecule has 1 aromatic heterocycles. The lowest BCUT2D eigenvalue weighted by Crippen LogP contribution is -2.12. The van der Waals surface area contributed by atoms with Crippen LogP contribution < -0.4 is 11.3 Å². The fourth-order valence-corrected chi connectivity index (χ4v) is 1.45. The average Bonchev–Trinajstić information content (AvgIpc) is 2.61. The van der Waals surface area contributed by atoms with Crippen molar-refractivity contribution in [1.82, 2.24) is 14.8 Å². The summed E-state index contributed by atoms with van der Waals surface area (Å²) in [5.41, 5.74) is 3.38. The van der Waals surface area contributed by atoms with Crippen LogP contribution in [0.1, 0.15) is 0 Å². The molecule has 0 radical (unpaired) electrons. The first kappa shape index (κ1) is 8.92. The molecule has 0 amide bonds. The van der Waals surface area contributed by atoms with Crippen LogP contribution in [-0.4, -0.2) is 14.8 Å². The van der Waals surface area contributed by atoms with Crippen molar-refractivity contribution in [2.45, 2.75) is 0 Å². The Morgan fingerprint density at radius 2 is 2.07 bits per heavy atom. The van der Waals surface area contributed by atoms with E-state index in [1.165, 1.54) is 0 Å². The molecule has 4 N–H and O–H groups in total. The molecule has 1 heterocycles. The molecular formula is C8H9N5S. The second-order valence-corrected chi connectivity index (χ2v) is 3.05. The number of hydrazine groups is 1. The molecule has 0 spiro atoms. The van der Waals surface area contributed by atoms with E-state index in [0.717, 1.165) is 5.69 Å². The Kier molecular flexibility index (Phi) is 2.30. The van der Waals surface area contributed by atoms with Crippen LogP contribution >= 0.6 is 12.2 Å². The molecule has 72 valence electrons. The number of nitrogens with two attached hydrogens (primary N) is 1. The van der Waals surface area contributed by atoms with Crippen LogP contribution in [0.2, 0.25) is 0 Å². The highest BCUT2D eigenvalue weighted by Crippen LogP contribution is 2.12. The van der Waals surface area contributed by atoms with Gasteiger partial charge >= 0.3 is 0 Å². The Hall–Kier alpha value is -1.66. The molecule has 14 heavy (non-hydrogen) atoms. The largest absolute Gasteiger partial charge is 0.292 e. The molecule has 5 nitrogen and oxygen atoms in total. The van der Waals surface area contributed by atoms with Crippen molar-refractivity contribution in [1.29, 1.82) is 0 Å². The summed E-state index contributed by atoms with van der Waals surface area (Å²) in [5, 5.41) is 6.58. The Morgan fingerprint density at radius 3 is 2.71 bits per heavy atom. The summed E-state index contributed by atoms with van der Waals surface area (Å²) >= 11 is 5.07. The molecule has 0 bridgehead atoms. The van der Waals surface area contributed by atoms with Crippen molar-refractivity contribution < 1.29 is 0 Å². The smallest absolute Gasteiger partial charge is 0.241 e. The van der Waals surface area contributed by atoms with Gasteiger partial charge in [0, 0.05) is 0 Å². The van der Waals surface area contributed by atoms with Gasteiger partial charge < -0.3 is 0 Å². The number of benzene rings is 1. The number of aromatic nitrogens is 3. The molecule has 0 unspecified atom stereocenters. The predicted octanol–water partition coefficient (Wildman–Crippen LogP) is 1.22. The number of para-hydroxylation sites is 1. The Balaban J connectivity index is 2.61. The van der Waals surface area contributed by atoms with E-state index in [9.17, 15) is 0 Å². The highest BCUT2D eigenvalue weighted by atomic mass is 32.1. The summed E-state index contributed by atoms with van der Waals surface area (Å²) in [7, 11) is 0. The second kappa shape index (κ2) is 3.60. The maximum Gasteiger partial charge on any atom is 0.241 e.